The van der Waals surface area contributed by atoms with E-state index in [-0.39, 0.29) is 5.92 Å². The fourth-order valence-corrected chi connectivity index (χ4v) is 3.25. The van der Waals surface area contributed by atoms with Crippen molar-refractivity contribution in [3.05, 3.63) is 71.9 Å². The van der Waals surface area contributed by atoms with Gasteiger partial charge in [-0.1, -0.05) is 55.1 Å². The van der Waals surface area contributed by atoms with Crippen LogP contribution in [0.2, 0.25) is 0 Å². The molecule has 0 radical (unpaired) electrons. The van der Waals surface area contributed by atoms with Crippen LogP contribution in [0, 0.1) is 12.3 Å². The minimum absolute atomic E-state index is 0.0628. The molecule has 3 heteroatoms. The molecule has 0 saturated heterocycles. The lowest BCUT2D eigenvalue weighted by Gasteiger charge is -2.15. The molecular formula is C22H21NO2. The molecule has 0 bridgehead atoms. The van der Waals surface area contributed by atoms with Gasteiger partial charge in [0.15, 0.2) is 0 Å². The number of amides is 1. The Morgan fingerprint density at radius 2 is 1.72 bits per heavy atom. The molecule has 0 unspecified atom stereocenters. The second kappa shape index (κ2) is 7.72. The molecule has 2 aromatic rings. The number of carbonyl (C=O) groups is 1. The molecule has 2 aromatic carbocycles. The molecular weight excluding hydrogens is 310 g/mol. The maximum Gasteiger partial charge on any atom is 0.411 e. The van der Waals surface area contributed by atoms with Crippen LogP contribution in [0.4, 0.5) is 4.79 Å². The van der Waals surface area contributed by atoms with Gasteiger partial charge in [-0.3, -0.25) is 5.32 Å². The van der Waals surface area contributed by atoms with Crippen molar-refractivity contribution >= 4 is 6.09 Å². The van der Waals surface area contributed by atoms with Crippen molar-refractivity contribution in [3.8, 4) is 23.5 Å². The molecule has 126 valence electrons. The molecule has 0 atom stereocenters. The third kappa shape index (κ3) is 3.75. The number of rotatable bonds is 6. The van der Waals surface area contributed by atoms with Crippen molar-refractivity contribution in [1.29, 1.82) is 0 Å². The average Bonchev–Trinajstić information content (AvgIpc) is 2.94. The van der Waals surface area contributed by atoms with Crippen LogP contribution in [0.1, 0.15) is 36.3 Å². The SMILES string of the molecule is C#CCCCC(=C)NC(=O)OCC1c2ccccc2-c2ccccc21. The fraction of sp³-hybridized carbons (Fsp3) is 0.227. The van der Waals surface area contributed by atoms with Gasteiger partial charge in [-0.2, -0.15) is 0 Å². The van der Waals surface area contributed by atoms with Gasteiger partial charge in [-0.15, -0.1) is 12.3 Å². The van der Waals surface area contributed by atoms with Gasteiger partial charge in [0.05, 0.1) is 0 Å². The Balaban J connectivity index is 1.63. The molecule has 1 aliphatic rings. The summed E-state index contributed by atoms with van der Waals surface area (Å²) in [6, 6.07) is 16.5. The van der Waals surface area contributed by atoms with Crippen molar-refractivity contribution in [3.63, 3.8) is 0 Å². The van der Waals surface area contributed by atoms with Crippen LogP contribution in [0.25, 0.3) is 11.1 Å². The molecule has 1 amide bonds. The summed E-state index contributed by atoms with van der Waals surface area (Å²) in [5.41, 5.74) is 5.46. The van der Waals surface area contributed by atoms with Crippen LogP contribution in [0.5, 0.6) is 0 Å². The summed E-state index contributed by atoms with van der Waals surface area (Å²) < 4.78 is 5.47. The first-order valence-electron chi connectivity index (χ1n) is 8.44. The Labute approximate surface area is 148 Å². The van der Waals surface area contributed by atoms with Gasteiger partial charge in [-0.25, -0.2) is 4.79 Å². The van der Waals surface area contributed by atoms with E-state index in [2.05, 4.69) is 42.1 Å². The van der Waals surface area contributed by atoms with E-state index in [9.17, 15) is 4.79 Å². The van der Waals surface area contributed by atoms with E-state index in [1.54, 1.807) is 0 Å². The van der Waals surface area contributed by atoms with E-state index in [0.29, 0.717) is 25.1 Å². The zero-order chi connectivity index (χ0) is 17.6. The summed E-state index contributed by atoms with van der Waals surface area (Å²) in [5, 5.41) is 2.69. The predicted molar refractivity (Wildman–Crippen MR) is 100 cm³/mol. The number of terminal acetylenes is 1. The van der Waals surface area contributed by atoms with Crippen molar-refractivity contribution in [2.45, 2.75) is 25.2 Å². The lowest BCUT2D eigenvalue weighted by Crippen LogP contribution is -2.25. The van der Waals surface area contributed by atoms with Crippen LogP contribution in [-0.2, 0) is 4.74 Å². The second-order valence-electron chi connectivity index (χ2n) is 6.11. The maximum atomic E-state index is 12.0. The molecule has 0 fully saturated rings. The standard InChI is InChI=1S/C22H21NO2/c1-3-4-5-10-16(2)23-22(24)25-15-21-19-13-8-6-11-17(19)18-12-7-9-14-20(18)21/h1,6-9,11-14,21H,2,4-5,10,15H2,(H,23,24). The van der Waals surface area contributed by atoms with E-state index in [4.69, 9.17) is 11.2 Å². The highest BCUT2D eigenvalue weighted by atomic mass is 16.5. The molecule has 0 spiro atoms. The van der Waals surface area contributed by atoms with E-state index >= 15 is 0 Å². The second-order valence-corrected chi connectivity index (χ2v) is 6.11. The third-order valence-corrected chi connectivity index (χ3v) is 4.42. The smallest absolute Gasteiger partial charge is 0.411 e. The number of alkyl carbamates (subject to hydrolysis) is 1. The minimum atomic E-state index is -0.465. The summed E-state index contributed by atoms with van der Waals surface area (Å²) in [7, 11) is 0. The number of fused-ring (bicyclic) bond motifs is 3. The molecule has 0 heterocycles. The number of nitrogens with one attached hydrogen (secondary N) is 1. The number of unbranched alkanes of at least 4 members (excludes halogenated alkanes) is 1. The number of ether oxygens (including phenoxy) is 1. The summed E-state index contributed by atoms with van der Waals surface area (Å²) in [6.07, 6.45) is 6.89. The predicted octanol–water partition coefficient (Wildman–Crippen LogP) is 4.84. The van der Waals surface area contributed by atoms with Gasteiger partial charge in [-0.05, 0) is 35.1 Å². The lowest BCUT2D eigenvalue weighted by molar-refractivity contribution is 0.145. The Morgan fingerprint density at radius 3 is 2.32 bits per heavy atom. The van der Waals surface area contributed by atoms with E-state index in [1.165, 1.54) is 22.3 Å². The Morgan fingerprint density at radius 1 is 1.12 bits per heavy atom. The average molecular weight is 331 g/mol. The number of carbonyl (C=O) groups excluding carboxylic acids is 1. The quantitative estimate of drug-likeness (QED) is 0.607. The number of hydrogen-bond donors (Lipinski definition) is 1. The van der Waals surface area contributed by atoms with Crippen molar-refractivity contribution in [2.75, 3.05) is 6.61 Å². The topological polar surface area (TPSA) is 38.3 Å². The van der Waals surface area contributed by atoms with Gasteiger partial charge in [0.25, 0.3) is 0 Å². The van der Waals surface area contributed by atoms with Gasteiger partial charge in [0, 0.05) is 18.0 Å². The third-order valence-electron chi connectivity index (χ3n) is 4.42. The molecule has 1 aliphatic carbocycles. The first kappa shape index (κ1) is 16.9. The van der Waals surface area contributed by atoms with Gasteiger partial charge in [0.1, 0.15) is 6.61 Å². The largest absolute Gasteiger partial charge is 0.448 e. The maximum absolute atomic E-state index is 12.0. The Kier molecular flexibility index (Phi) is 5.20. The zero-order valence-electron chi connectivity index (χ0n) is 14.1. The molecule has 1 N–H and O–H groups in total. The number of hydrogen-bond acceptors (Lipinski definition) is 2. The number of allylic oxidation sites excluding steroid dienone is 1. The first-order valence-corrected chi connectivity index (χ1v) is 8.44. The summed E-state index contributed by atoms with van der Waals surface area (Å²) >= 11 is 0. The van der Waals surface area contributed by atoms with Crippen LogP contribution in [0.3, 0.4) is 0 Å². The highest BCUT2D eigenvalue weighted by molar-refractivity contribution is 5.79. The summed E-state index contributed by atoms with van der Waals surface area (Å²) in [5.74, 6) is 2.64. The Bertz CT molecular complexity index is 786. The molecule has 0 aromatic heterocycles. The van der Waals surface area contributed by atoms with Gasteiger partial charge < -0.3 is 4.74 Å². The van der Waals surface area contributed by atoms with Gasteiger partial charge in [0.2, 0.25) is 0 Å². The highest BCUT2D eigenvalue weighted by Gasteiger charge is 2.28. The van der Waals surface area contributed by atoms with Crippen molar-refractivity contribution in [2.24, 2.45) is 0 Å². The number of benzene rings is 2. The monoisotopic (exact) mass is 331 g/mol. The lowest BCUT2D eigenvalue weighted by atomic mass is 9.98. The van der Waals surface area contributed by atoms with Gasteiger partial charge >= 0.3 is 6.09 Å². The van der Waals surface area contributed by atoms with E-state index in [0.717, 1.165) is 6.42 Å². The van der Waals surface area contributed by atoms with E-state index < -0.39 is 6.09 Å². The normalized spacial score (nSPS) is 12.0. The molecule has 3 rings (SSSR count). The molecule has 25 heavy (non-hydrogen) atoms. The first-order chi connectivity index (χ1) is 12.2. The van der Waals surface area contributed by atoms with Crippen LogP contribution < -0.4 is 5.32 Å². The summed E-state index contributed by atoms with van der Waals surface area (Å²) in [4.78, 5) is 12.0. The minimum Gasteiger partial charge on any atom is -0.448 e. The Hall–Kier alpha value is -2.99. The van der Waals surface area contributed by atoms with Crippen LogP contribution >= 0.6 is 0 Å². The van der Waals surface area contributed by atoms with E-state index in [1.807, 2.05) is 24.3 Å². The molecule has 0 aliphatic heterocycles. The molecule has 3 nitrogen and oxygen atoms in total. The fourth-order valence-electron chi connectivity index (χ4n) is 3.25. The molecule has 0 saturated carbocycles. The van der Waals surface area contributed by atoms with Crippen LogP contribution in [0.15, 0.2) is 60.8 Å². The van der Waals surface area contributed by atoms with Crippen molar-refractivity contribution in [1.82, 2.24) is 5.32 Å². The summed E-state index contributed by atoms with van der Waals surface area (Å²) in [6.45, 7) is 4.14. The van der Waals surface area contributed by atoms with Crippen LogP contribution in [-0.4, -0.2) is 12.7 Å². The van der Waals surface area contributed by atoms with Crippen molar-refractivity contribution < 1.29 is 9.53 Å². The zero-order valence-corrected chi connectivity index (χ0v) is 14.1. The highest BCUT2D eigenvalue weighted by Crippen LogP contribution is 2.44.